The van der Waals surface area contributed by atoms with Gasteiger partial charge in [-0.15, -0.1) is 0 Å². The van der Waals surface area contributed by atoms with Gasteiger partial charge in [-0.2, -0.15) is 0 Å². The van der Waals surface area contributed by atoms with Crippen molar-refractivity contribution in [2.24, 2.45) is 0 Å². The van der Waals surface area contributed by atoms with Gasteiger partial charge in [0.1, 0.15) is 0 Å². The second kappa shape index (κ2) is 10.4. The van der Waals surface area contributed by atoms with Gasteiger partial charge in [-0.05, 0) is 53.6 Å². The van der Waals surface area contributed by atoms with E-state index < -0.39 is 0 Å². The van der Waals surface area contributed by atoms with Crippen LogP contribution in [0, 0.1) is 0 Å². The SMILES string of the molecule is C/C=C\c1ccc(-c2ccc(-c3ccc(COCC/C=C/C)cc3)cc2)cc1. The summed E-state index contributed by atoms with van der Waals surface area (Å²) in [6.45, 7) is 5.51. The van der Waals surface area contributed by atoms with Crippen LogP contribution in [0.15, 0.2) is 91.0 Å². The van der Waals surface area contributed by atoms with E-state index in [1.54, 1.807) is 0 Å². The van der Waals surface area contributed by atoms with Crippen molar-refractivity contribution < 1.29 is 4.74 Å². The van der Waals surface area contributed by atoms with Gasteiger partial charge in [0, 0.05) is 0 Å². The zero-order valence-electron chi connectivity index (χ0n) is 16.8. The van der Waals surface area contributed by atoms with Gasteiger partial charge in [0.25, 0.3) is 0 Å². The first-order valence-electron chi connectivity index (χ1n) is 9.91. The van der Waals surface area contributed by atoms with Gasteiger partial charge in [-0.3, -0.25) is 0 Å². The first-order chi connectivity index (χ1) is 13.8. The summed E-state index contributed by atoms with van der Waals surface area (Å²) >= 11 is 0. The van der Waals surface area contributed by atoms with Crippen molar-refractivity contribution in [3.05, 3.63) is 102 Å². The summed E-state index contributed by atoms with van der Waals surface area (Å²) in [5.41, 5.74) is 7.38. The Labute approximate surface area is 169 Å². The second-order valence-corrected chi connectivity index (χ2v) is 6.81. The molecule has 3 aromatic carbocycles. The molecule has 0 aliphatic rings. The Morgan fingerprint density at radius 2 is 1.14 bits per heavy atom. The molecule has 3 rings (SSSR count). The molecule has 28 heavy (non-hydrogen) atoms. The van der Waals surface area contributed by atoms with Gasteiger partial charge in [0.05, 0.1) is 13.2 Å². The third-order valence-electron chi connectivity index (χ3n) is 4.71. The molecule has 0 radical (unpaired) electrons. The van der Waals surface area contributed by atoms with E-state index in [1.165, 1.54) is 33.4 Å². The van der Waals surface area contributed by atoms with Crippen molar-refractivity contribution in [1.29, 1.82) is 0 Å². The highest BCUT2D eigenvalue weighted by Crippen LogP contribution is 2.25. The molecule has 142 valence electrons. The Kier molecular flexibility index (Phi) is 7.40. The lowest BCUT2D eigenvalue weighted by molar-refractivity contribution is 0.125. The third kappa shape index (κ3) is 5.55. The van der Waals surface area contributed by atoms with Crippen molar-refractivity contribution in [1.82, 2.24) is 0 Å². The summed E-state index contributed by atoms with van der Waals surface area (Å²) in [6, 6.07) is 26.1. The predicted octanol–water partition coefficient (Wildman–Crippen LogP) is 7.54. The zero-order valence-corrected chi connectivity index (χ0v) is 16.8. The van der Waals surface area contributed by atoms with Crippen molar-refractivity contribution >= 4 is 6.08 Å². The van der Waals surface area contributed by atoms with Crippen molar-refractivity contribution in [2.75, 3.05) is 6.61 Å². The maximum absolute atomic E-state index is 5.70. The lowest BCUT2D eigenvalue weighted by Crippen LogP contribution is -1.94. The third-order valence-corrected chi connectivity index (χ3v) is 4.71. The molecule has 1 nitrogen and oxygen atoms in total. The second-order valence-electron chi connectivity index (χ2n) is 6.81. The van der Waals surface area contributed by atoms with Crippen LogP contribution in [0.3, 0.4) is 0 Å². The monoisotopic (exact) mass is 368 g/mol. The van der Waals surface area contributed by atoms with Crippen LogP contribution in [0.25, 0.3) is 28.3 Å². The van der Waals surface area contributed by atoms with E-state index in [0.717, 1.165) is 13.0 Å². The lowest BCUT2D eigenvalue weighted by Gasteiger charge is -2.07. The molecule has 0 aliphatic carbocycles. The van der Waals surface area contributed by atoms with Crippen LogP contribution >= 0.6 is 0 Å². The molecule has 0 spiro atoms. The average molecular weight is 369 g/mol. The summed E-state index contributed by atoms with van der Waals surface area (Å²) in [7, 11) is 0. The Balaban J connectivity index is 1.62. The van der Waals surface area contributed by atoms with Gasteiger partial charge in [-0.1, -0.05) is 97.1 Å². The van der Waals surface area contributed by atoms with E-state index in [-0.39, 0.29) is 0 Å². The van der Waals surface area contributed by atoms with E-state index in [4.69, 9.17) is 4.74 Å². The van der Waals surface area contributed by atoms with Crippen LogP contribution in [0.4, 0.5) is 0 Å². The van der Waals surface area contributed by atoms with Crippen LogP contribution in [0.2, 0.25) is 0 Å². The topological polar surface area (TPSA) is 9.23 Å². The molecule has 0 heterocycles. The number of rotatable bonds is 8. The molecule has 0 bridgehead atoms. The Bertz CT molecular complexity index is 898. The smallest absolute Gasteiger partial charge is 0.0717 e. The minimum absolute atomic E-state index is 0.667. The highest BCUT2D eigenvalue weighted by molar-refractivity contribution is 5.71. The van der Waals surface area contributed by atoms with E-state index in [0.29, 0.717) is 6.61 Å². The van der Waals surface area contributed by atoms with E-state index >= 15 is 0 Å². The maximum Gasteiger partial charge on any atom is 0.0717 e. The van der Waals surface area contributed by atoms with Crippen LogP contribution < -0.4 is 0 Å². The molecule has 3 aromatic rings. The number of allylic oxidation sites excluding steroid dienone is 2. The first-order valence-corrected chi connectivity index (χ1v) is 9.91. The first kappa shape index (κ1) is 19.9. The summed E-state index contributed by atoms with van der Waals surface area (Å²) in [4.78, 5) is 0. The molecule has 0 aromatic heterocycles. The normalized spacial score (nSPS) is 11.5. The Morgan fingerprint density at radius 3 is 1.64 bits per heavy atom. The minimum Gasteiger partial charge on any atom is -0.376 e. The fourth-order valence-electron chi connectivity index (χ4n) is 3.14. The fraction of sp³-hybridized carbons (Fsp3) is 0.185. The van der Waals surface area contributed by atoms with Gasteiger partial charge < -0.3 is 4.74 Å². The largest absolute Gasteiger partial charge is 0.376 e. The average Bonchev–Trinajstić information content (AvgIpc) is 2.75. The van der Waals surface area contributed by atoms with E-state index in [2.05, 4.69) is 97.1 Å². The molecular formula is C27H28O. The van der Waals surface area contributed by atoms with Gasteiger partial charge in [0.2, 0.25) is 0 Å². The molecule has 0 N–H and O–H groups in total. The fourth-order valence-corrected chi connectivity index (χ4v) is 3.14. The molecule has 0 unspecified atom stereocenters. The molecule has 0 saturated heterocycles. The molecule has 1 heteroatoms. The number of ether oxygens (including phenoxy) is 1. The van der Waals surface area contributed by atoms with Crippen LogP contribution in [0.1, 0.15) is 31.4 Å². The predicted molar refractivity (Wildman–Crippen MR) is 121 cm³/mol. The zero-order chi connectivity index (χ0) is 19.6. The van der Waals surface area contributed by atoms with Crippen LogP contribution in [-0.4, -0.2) is 6.61 Å². The maximum atomic E-state index is 5.70. The van der Waals surface area contributed by atoms with Gasteiger partial charge in [-0.25, -0.2) is 0 Å². The highest BCUT2D eigenvalue weighted by Gasteiger charge is 2.01. The van der Waals surface area contributed by atoms with Crippen molar-refractivity contribution in [3.8, 4) is 22.3 Å². The molecular weight excluding hydrogens is 340 g/mol. The summed E-state index contributed by atoms with van der Waals surface area (Å²) in [5.74, 6) is 0. The Hall–Kier alpha value is -2.90. The number of hydrogen-bond donors (Lipinski definition) is 0. The summed E-state index contributed by atoms with van der Waals surface area (Å²) in [6.07, 6.45) is 9.33. The van der Waals surface area contributed by atoms with E-state index in [1.807, 2.05) is 13.8 Å². The molecule has 0 fully saturated rings. The lowest BCUT2D eigenvalue weighted by atomic mass is 9.99. The van der Waals surface area contributed by atoms with Crippen LogP contribution in [-0.2, 0) is 11.3 Å². The molecule has 0 atom stereocenters. The van der Waals surface area contributed by atoms with E-state index in [9.17, 15) is 0 Å². The van der Waals surface area contributed by atoms with Crippen molar-refractivity contribution in [2.45, 2.75) is 26.9 Å². The summed E-state index contributed by atoms with van der Waals surface area (Å²) < 4.78 is 5.70. The minimum atomic E-state index is 0.667. The quantitative estimate of drug-likeness (QED) is 0.295. The molecule has 0 saturated carbocycles. The van der Waals surface area contributed by atoms with Gasteiger partial charge >= 0.3 is 0 Å². The molecule has 0 amide bonds. The number of benzene rings is 3. The van der Waals surface area contributed by atoms with Crippen LogP contribution in [0.5, 0.6) is 0 Å². The molecule has 0 aliphatic heterocycles. The standard InChI is InChI=1S/C27H28O/c1-3-5-6-20-28-21-23-10-14-25(15-11-23)27-18-16-26(17-19-27)24-12-8-22(7-4-2)9-13-24/h3-5,7-19H,6,20-21H2,1-2H3/b5-3+,7-4-. The number of hydrogen-bond acceptors (Lipinski definition) is 1. The Morgan fingerprint density at radius 1 is 0.643 bits per heavy atom. The van der Waals surface area contributed by atoms with Crippen molar-refractivity contribution in [3.63, 3.8) is 0 Å². The van der Waals surface area contributed by atoms with Gasteiger partial charge in [0.15, 0.2) is 0 Å². The highest BCUT2D eigenvalue weighted by atomic mass is 16.5. The summed E-state index contributed by atoms with van der Waals surface area (Å²) in [5, 5.41) is 0.